The van der Waals surface area contributed by atoms with Crippen LogP contribution in [0, 0.1) is 0 Å². The number of methoxy groups -OCH3 is 1. The summed E-state index contributed by atoms with van der Waals surface area (Å²) in [7, 11) is 1.54. The smallest absolute Gasteiger partial charge is 0.262 e. The number of hydrogen-bond donors (Lipinski definition) is 2. The molecule has 26 heavy (non-hydrogen) atoms. The zero-order valence-electron chi connectivity index (χ0n) is 13.6. The monoisotopic (exact) mass is 384 g/mol. The molecule has 2 aromatic carbocycles. The third-order valence-corrected chi connectivity index (χ3v) is 5.03. The lowest BCUT2D eigenvalue weighted by atomic mass is 10.1. The van der Waals surface area contributed by atoms with E-state index >= 15 is 0 Å². The van der Waals surface area contributed by atoms with Gasteiger partial charge in [0.1, 0.15) is 22.7 Å². The second-order valence-electron chi connectivity index (χ2n) is 5.57. The first-order valence-corrected chi connectivity index (χ1v) is 8.82. The van der Waals surface area contributed by atoms with Crippen molar-refractivity contribution in [3.63, 3.8) is 0 Å². The highest BCUT2D eigenvalue weighted by atomic mass is 35.5. The van der Waals surface area contributed by atoms with Crippen molar-refractivity contribution in [2.45, 2.75) is 0 Å². The molecule has 2 heterocycles. The first-order chi connectivity index (χ1) is 12.6. The number of benzene rings is 2. The molecule has 0 bridgehead atoms. The summed E-state index contributed by atoms with van der Waals surface area (Å²) in [4.78, 5) is 20.7. The quantitative estimate of drug-likeness (QED) is 0.521. The number of nitrogens with two attached hydrogens (primary N) is 1. The molecule has 0 atom stereocenters. The minimum atomic E-state index is -0.285. The summed E-state index contributed by atoms with van der Waals surface area (Å²) in [6.45, 7) is 0. The summed E-state index contributed by atoms with van der Waals surface area (Å²) in [5.41, 5.74) is 7.94. The molecule has 0 aliphatic carbocycles. The molecular weight excluding hydrogens is 372 g/mol. The van der Waals surface area contributed by atoms with Gasteiger partial charge in [0.2, 0.25) is 0 Å². The lowest BCUT2D eigenvalue weighted by molar-refractivity contribution is 0.416. The van der Waals surface area contributed by atoms with Gasteiger partial charge in [-0.15, -0.1) is 0 Å². The predicted octanol–water partition coefficient (Wildman–Crippen LogP) is 3.96. The summed E-state index contributed by atoms with van der Waals surface area (Å²) in [5.74, 6) is 0.928. The summed E-state index contributed by atoms with van der Waals surface area (Å²) in [5, 5.41) is 0.949. The number of nitrogen functional groups attached to an aromatic ring is 1. The second-order valence-corrected chi connectivity index (χ2v) is 6.72. The van der Waals surface area contributed by atoms with Gasteiger partial charge in [-0.2, -0.15) is 4.37 Å². The van der Waals surface area contributed by atoms with E-state index in [2.05, 4.69) is 14.3 Å². The van der Waals surface area contributed by atoms with E-state index in [1.165, 1.54) is 7.11 Å². The van der Waals surface area contributed by atoms with E-state index in [-0.39, 0.29) is 5.56 Å². The SMILES string of the molecule is COc1cc(N)ccc1-c1nc2snc(-c3ccccc3Cl)c2c(=O)[nH]1. The van der Waals surface area contributed by atoms with Gasteiger partial charge in [0.15, 0.2) is 4.83 Å². The van der Waals surface area contributed by atoms with Crippen LogP contribution in [0.3, 0.4) is 0 Å². The number of ether oxygens (including phenoxy) is 1. The highest BCUT2D eigenvalue weighted by Gasteiger charge is 2.18. The Morgan fingerprint density at radius 3 is 2.77 bits per heavy atom. The first-order valence-electron chi connectivity index (χ1n) is 7.67. The van der Waals surface area contributed by atoms with E-state index in [0.717, 1.165) is 11.5 Å². The van der Waals surface area contributed by atoms with Crippen LogP contribution < -0.4 is 16.0 Å². The maximum absolute atomic E-state index is 12.8. The molecule has 0 spiro atoms. The Morgan fingerprint density at radius 1 is 1.19 bits per heavy atom. The normalized spacial score (nSPS) is 11.0. The summed E-state index contributed by atoms with van der Waals surface area (Å²) >= 11 is 7.41. The van der Waals surface area contributed by atoms with E-state index in [0.29, 0.717) is 49.3 Å². The molecule has 0 unspecified atom stereocenters. The zero-order chi connectivity index (χ0) is 18.3. The standard InChI is InChI=1S/C18H13ClN4O2S/c1-25-13-8-9(20)6-7-11(13)16-21-17(24)14-15(23-26-18(14)22-16)10-4-2-3-5-12(10)19/h2-8H,20H2,1H3,(H,21,22,24). The molecule has 0 radical (unpaired) electrons. The first kappa shape index (κ1) is 16.6. The molecule has 8 heteroatoms. The van der Waals surface area contributed by atoms with Crippen LogP contribution >= 0.6 is 23.1 Å². The molecule has 0 fully saturated rings. The Balaban J connectivity index is 1.93. The molecular formula is C18H13ClN4O2S. The lowest BCUT2D eigenvalue weighted by Gasteiger charge is -2.08. The third kappa shape index (κ3) is 2.71. The Labute approximate surface area is 157 Å². The van der Waals surface area contributed by atoms with E-state index in [9.17, 15) is 4.79 Å². The third-order valence-electron chi connectivity index (χ3n) is 3.96. The van der Waals surface area contributed by atoms with Gasteiger partial charge in [-0.1, -0.05) is 29.8 Å². The Morgan fingerprint density at radius 2 is 2.00 bits per heavy atom. The fourth-order valence-electron chi connectivity index (χ4n) is 2.73. The minimum Gasteiger partial charge on any atom is -0.496 e. The van der Waals surface area contributed by atoms with Gasteiger partial charge in [-0.3, -0.25) is 4.79 Å². The number of aromatic nitrogens is 3. The Kier molecular flexibility index (Phi) is 4.10. The Hall–Kier alpha value is -2.90. The molecule has 0 saturated heterocycles. The number of rotatable bonds is 3. The molecule has 4 aromatic rings. The molecule has 4 rings (SSSR count). The van der Waals surface area contributed by atoms with Crippen LogP contribution in [0.1, 0.15) is 0 Å². The number of nitrogens with zero attached hydrogens (tertiary/aromatic N) is 2. The van der Waals surface area contributed by atoms with Crippen molar-refractivity contribution in [1.82, 2.24) is 14.3 Å². The summed E-state index contributed by atoms with van der Waals surface area (Å²) in [6.07, 6.45) is 0. The largest absolute Gasteiger partial charge is 0.496 e. The molecule has 130 valence electrons. The molecule has 0 aliphatic rings. The van der Waals surface area contributed by atoms with Crippen LogP contribution in [-0.2, 0) is 0 Å². The van der Waals surface area contributed by atoms with E-state index in [1.54, 1.807) is 24.3 Å². The molecule has 2 aromatic heterocycles. The van der Waals surface area contributed by atoms with Crippen LogP contribution in [0.4, 0.5) is 5.69 Å². The molecule has 3 N–H and O–H groups in total. The maximum Gasteiger partial charge on any atom is 0.262 e. The number of fused-ring (bicyclic) bond motifs is 1. The lowest BCUT2D eigenvalue weighted by Crippen LogP contribution is -2.09. The average Bonchev–Trinajstić information content (AvgIpc) is 3.06. The van der Waals surface area contributed by atoms with Crippen molar-refractivity contribution in [3.05, 3.63) is 57.8 Å². The van der Waals surface area contributed by atoms with Crippen molar-refractivity contribution in [2.24, 2.45) is 0 Å². The number of H-pyrrole nitrogens is 1. The van der Waals surface area contributed by atoms with Crippen molar-refractivity contribution >= 4 is 39.0 Å². The highest BCUT2D eigenvalue weighted by molar-refractivity contribution is 7.13. The van der Waals surface area contributed by atoms with Crippen LogP contribution in [0.15, 0.2) is 47.3 Å². The molecule has 6 nitrogen and oxygen atoms in total. The van der Waals surface area contributed by atoms with Gasteiger partial charge in [-0.05, 0) is 29.7 Å². The van der Waals surface area contributed by atoms with Crippen molar-refractivity contribution in [3.8, 4) is 28.4 Å². The molecule has 0 aliphatic heterocycles. The predicted molar refractivity (Wildman–Crippen MR) is 105 cm³/mol. The van der Waals surface area contributed by atoms with Gasteiger partial charge < -0.3 is 15.5 Å². The summed E-state index contributed by atoms with van der Waals surface area (Å²) in [6, 6.07) is 12.4. The van der Waals surface area contributed by atoms with Crippen LogP contribution in [-0.4, -0.2) is 21.5 Å². The molecule has 0 saturated carbocycles. The fourth-order valence-corrected chi connectivity index (χ4v) is 3.74. The van der Waals surface area contributed by atoms with Gasteiger partial charge in [0, 0.05) is 17.3 Å². The Bertz CT molecular complexity index is 1190. The number of nitrogens with one attached hydrogen (secondary N) is 1. The van der Waals surface area contributed by atoms with Crippen LogP contribution in [0.2, 0.25) is 5.02 Å². The highest BCUT2D eigenvalue weighted by Crippen LogP contribution is 2.34. The summed E-state index contributed by atoms with van der Waals surface area (Å²) < 4.78 is 9.75. The number of halogens is 1. The van der Waals surface area contributed by atoms with E-state index in [4.69, 9.17) is 22.1 Å². The maximum atomic E-state index is 12.8. The van der Waals surface area contributed by atoms with E-state index in [1.807, 2.05) is 18.2 Å². The topological polar surface area (TPSA) is 93.9 Å². The average molecular weight is 385 g/mol. The zero-order valence-corrected chi connectivity index (χ0v) is 15.2. The van der Waals surface area contributed by atoms with Crippen molar-refractivity contribution in [1.29, 1.82) is 0 Å². The minimum absolute atomic E-state index is 0.285. The van der Waals surface area contributed by atoms with Crippen molar-refractivity contribution in [2.75, 3.05) is 12.8 Å². The van der Waals surface area contributed by atoms with Crippen LogP contribution in [0.25, 0.3) is 32.9 Å². The number of hydrogen-bond acceptors (Lipinski definition) is 6. The van der Waals surface area contributed by atoms with Gasteiger partial charge in [0.05, 0.1) is 17.7 Å². The van der Waals surface area contributed by atoms with Crippen LogP contribution in [0.5, 0.6) is 5.75 Å². The fraction of sp³-hybridized carbons (Fsp3) is 0.0556. The number of aromatic amines is 1. The van der Waals surface area contributed by atoms with Crippen molar-refractivity contribution < 1.29 is 4.74 Å². The second kappa shape index (κ2) is 6.44. The van der Waals surface area contributed by atoms with Gasteiger partial charge >= 0.3 is 0 Å². The van der Waals surface area contributed by atoms with Gasteiger partial charge in [0.25, 0.3) is 5.56 Å². The molecule has 0 amide bonds. The number of anilines is 1. The van der Waals surface area contributed by atoms with Gasteiger partial charge in [-0.25, -0.2) is 4.98 Å². The van der Waals surface area contributed by atoms with E-state index < -0.39 is 0 Å².